The van der Waals surface area contributed by atoms with E-state index in [1.165, 1.54) is 5.70 Å². The van der Waals surface area contributed by atoms with Crippen LogP contribution in [0, 0.1) is 0 Å². The Labute approximate surface area is 104 Å². The van der Waals surface area contributed by atoms with Crippen molar-refractivity contribution in [1.29, 1.82) is 0 Å². The zero-order valence-electron chi connectivity index (χ0n) is 9.92. The second-order valence-electron chi connectivity index (χ2n) is 4.32. The maximum Gasteiger partial charge on any atom is 0.293 e. The number of hydrogen-bond acceptors (Lipinski definition) is 4. The minimum Gasteiger partial charge on any atom is -0.464 e. The van der Waals surface area contributed by atoms with Crippen molar-refractivity contribution in [2.75, 3.05) is 19.4 Å². The van der Waals surface area contributed by atoms with E-state index in [9.17, 15) is 4.79 Å². The van der Waals surface area contributed by atoms with Crippen LogP contribution in [0.3, 0.4) is 0 Å². The van der Waals surface area contributed by atoms with Gasteiger partial charge in [0.25, 0.3) is 6.47 Å². The molecule has 0 aromatic rings. The summed E-state index contributed by atoms with van der Waals surface area (Å²) in [6, 6.07) is 0. The monoisotopic (exact) mass is 254 g/mol. The highest BCUT2D eigenvalue weighted by atomic mass is 31.0. The van der Waals surface area contributed by atoms with Crippen LogP contribution in [0.2, 0.25) is 0 Å². The smallest absolute Gasteiger partial charge is 0.293 e. The van der Waals surface area contributed by atoms with Crippen LogP contribution >= 0.6 is 9.24 Å². The molecule has 0 spiro atoms. The predicted octanol–water partition coefficient (Wildman–Crippen LogP) is 1.52. The molecule has 0 aromatic heterocycles. The lowest BCUT2D eigenvalue weighted by Crippen LogP contribution is -2.37. The number of allylic oxidation sites excluding steroid dienone is 1. The third kappa shape index (κ3) is 3.22. The van der Waals surface area contributed by atoms with Gasteiger partial charge in [0.1, 0.15) is 6.10 Å². The zero-order valence-corrected chi connectivity index (χ0v) is 11.1. The van der Waals surface area contributed by atoms with Crippen molar-refractivity contribution in [3.05, 3.63) is 24.2 Å². The molecule has 0 bridgehead atoms. The molecular formula is C12H19N2O2P. The molecule has 4 nitrogen and oxygen atoms in total. The third-order valence-electron chi connectivity index (χ3n) is 3.25. The Bertz CT molecular complexity index is 322. The summed E-state index contributed by atoms with van der Waals surface area (Å²) in [4.78, 5) is 14.8. The third-order valence-corrected chi connectivity index (χ3v) is 3.67. The standard InChI is InChI=1S/C12H19N2O2P/c15-10-16-12-3-6-14(7-4-12)11-2-1-5-13(8-11)9-17/h1,5,8,10,12H,2-4,6-7,9,17H2. The summed E-state index contributed by atoms with van der Waals surface area (Å²) in [5.74, 6) is 0. The molecule has 0 N–H and O–H groups in total. The molecule has 1 atom stereocenters. The Morgan fingerprint density at radius 3 is 2.88 bits per heavy atom. The Balaban J connectivity index is 1.88. The first kappa shape index (κ1) is 12.4. The molecule has 1 saturated heterocycles. The number of piperidine rings is 1. The fraction of sp³-hybridized carbons (Fsp3) is 0.583. The highest BCUT2D eigenvalue weighted by Crippen LogP contribution is 2.22. The van der Waals surface area contributed by atoms with Crippen LogP contribution in [0.5, 0.6) is 0 Å². The zero-order chi connectivity index (χ0) is 12.1. The molecule has 5 heteroatoms. The molecule has 2 aliphatic heterocycles. The van der Waals surface area contributed by atoms with Crippen molar-refractivity contribution in [2.24, 2.45) is 0 Å². The molecule has 17 heavy (non-hydrogen) atoms. The van der Waals surface area contributed by atoms with Gasteiger partial charge in [0.2, 0.25) is 0 Å². The van der Waals surface area contributed by atoms with Gasteiger partial charge in [-0.05, 0) is 0 Å². The first-order chi connectivity index (χ1) is 8.33. The lowest BCUT2D eigenvalue weighted by molar-refractivity contribution is -0.135. The van der Waals surface area contributed by atoms with Crippen LogP contribution in [0.1, 0.15) is 19.3 Å². The summed E-state index contributed by atoms with van der Waals surface area (Å²) >= 11 is 0. The summed E-state index contributed by atoms with van der Waals surface area (Å²) in [5, 5.41) is 0. The first-order valence-corrected chi connectivity index (χ1v) is 6.82. The van der Waals surface area contributed by atoms with Gasteiger partial charge >= 0.3 is 0 Å². The van der Waals surface area contributed by atoms with Crippen molar-refractivity contribution in [2.45, 2.75) is 25.4 Å². The fourth-order valence-corrected chi connectivity index (χ4v) is 2.51. The molecule has 2 heterocycles. The van der Waals surface area contributed by atoms with E-state index < -0.39 is 0 Å². The topological polar surface area (TPSA) is 32.8 Å². The molecule has 1 unspecified atom stereocenters. The summed E-state index contributed by atoms with van der Waals surface area (Å²) < 4.78 is 5.01. The number of carbonyl (C=O) groups is 1. The number of nitrogens with zero attached hydrogens (tertiary/aromatic N) is 2. The molecular weight excluding hydrogens is 235 g/mol. The van der Waals surface area contributed by atoms with Crippen LogP contribution in [0.15, 0.2) is 24.2 Å². The molecule has 0 aliphatic carbocycles. The Morgan fingerprint density at radius 1 is 1.47 bits per heavy atom. The summed E-state index contributed by atoms with van der Waals surface area (Å²) in [7, 11) is 2.72. The molecule has 2 aliphatic rings. The maximum absolute atomic E-state index is 10.3. The van der Waals surface area contributed by atoms with Crippen molar-refractivity contribution in [1.82, 2.24) is 9.80 Å². The summed E-state index contributed by atoms with van der Waals surface area (Å²) in [5.41, 5.74) is 1.36. The van der Waals surface area contributed by atoms with E-state index in [-0.39, 0.29) is 6.10 Å². The van der Waals surface area contributed by atoms with Gasteiger partial charge < -0.3 is 14.5 Å². The minimum absolute atomic E-state index is 0.112. The molecule has 1 fully saturated rings. The van der Waals surface area contributed by atoms with Crippen LogP contribution < -0.4 is 0 Å². The van der Waals surface area contributed by atoms with E-state index in [1.54, 1.807) is 0 Å². The normalized spacial score (nSPS) is 21.4. The highest BCUT2D eigenvalue weighted by Gasteiger charge is 2.21. The van der Waals surface area contributed by atoms with Gasteiger partial charge in [0.05, 0.1) is 0 Å². The number of rotatable bonds is 4. The average Bonchev–Trinajstić information content (AvgIpc) is 2.40. The molecule has 0 amide bonds. The number of carbonyl (C=O) groups excluding carboxylic acids is 1. The van der Waals surface area contributed by atoms with Gasteiger partial charge in [-0.2, -0.15) is 0 Å². The van der Waals surface area contributed by atoms with E-state index in [0.717, 1.165) is 38.6 Å². The van der Waals surface area contributed by atoms with E-state index in [4.69, 9.17) is 4.74 Å². The van der Waals surface area contributed by atoms with Crippen molar-refractivity contribution in [3.8, 4) is 0 Å². The van der Waals surface area contributed by atoms with Gasteiger partial charge in [-0.1, -0.05) is 6.08 Å². The van der Waals surface area contributed by atoms with Crippen LogP contribution in [0.4, 0.5) is 0 Å². The second kappa shape index (κ2) is 6.06. The van der Waals surface area contributed by atoms with E-state index in [1.807, 2.05) is 0 Å². The molecule has 94 valence electrons. The first-order valence-electron chi connectivity index (χ1n) is 6.00. The number of hydrogen-bond donors (Lipinski definition) is 0. The van der Waals surface area contributed by atoms with Crippen LogP contribution in [-0.4, -0.2) is 41.8 Å². The van der Waals surface area contributed by atoms with Crippen molar-refractivity contribution < 1.29 is 9.53 Å². The van der Waals surface area contributed by atoms with E-state index >= 15 is 0 Å². The van der Waals surface area contributed by atoms with Gasteiger partial charge in [-0.15, -0.1) is 9.24 Å². The van der Waals surface area contributed by atoms with Crippen molar-refractivity contribution in [3.63, 3.8) is 0 Å². The average molecular weight is 254 g/mol. The van der Waals surface area contributed by atoms with Crippen LogP contribution in [0.25, 0.3) is 0 Å². The molecule has 0 aromatic carbocycles. The van der Waals surface area contributed by atoms with Gasteiger partial charge in [-0.3, -0.25) is 4.79 Å². The fourth-order valence-electron chi connectivity index (χ4n) is 2.28. The SMILES string of the molecule is O=COC1CCN(C2=CN(CP)C=CC2)CC1. The minimum atomic E-state index is 0.112. The highest BCUT2D eigenvalue weighted by molar-refractivity contribution is 7.16. The summed E-state index contributed by atoms with van der Waals surface area (Å²) in [6.07, 6.45) is 10.4. The lowest BCUT2D eigenvalue weighted by atomic mass is 10.1. The lowest BCUT2D eigenvalue weighted by Gasteiger charge is -2.35. The number of ether oxygens (including phenoxy) is 1. The maximum atomic E-state index is 10.3. The van der Waals surface area contributed by atoms with Gasteiger partial charge in [0.15, 0.2) is 0 Å². The largest absolute Gasteiger partial charge is 0.464 e. The van der Waals surface area contributed by atoms with Crippen molar-refractivity contribution >= 4 is 15.7 Å². The Kier molecular flexibility index (Phi) is 4.43. The number of likely N-dealkylation sites (tertiary alicyclic amines) is 1. The van der Waals surface area contributed by atoms with Gasteiger partial charge in [0, 0.05) is 56.7 Å². The predicted molar refractivity (Wildman–Crippen MR) is 70.0 cm³/mol. The molecule has 0 saturated carbocycles. The quantitative estimate of drug-likeness (QED) is 0.562. The second-order valence-corrected chi connectivity index (χ2v) is 4.69. The Morgan fingerprint density at radius 2 is 2.24 bits per heavy atom. The van der Waals surface area contributed by atoms with Crippen LogP contribution in [-0.2, 0) is 9.53 Å². The molecule has 2 rings (SSSR count). The Hall–Kier alpha value is -1.02. The van der Waals surface area contributed by atoms with E-state index in [2.05, 4.69) is 37.5 Å². The van der Waals surface area contributed by atoms with E-state index in [0.29, 0.717) is 6.47 Å². The van der Waals surface area contributed by atoms with Gasteiger partial charge in [-0.25, -0.2) is 0 Å². The molecule has 0 radical (unpaired) electrons. The summed E-state index contributed by atoms with van der Waals surface area (Å²) in [6.45, 7) is 2.52.